The second-order valence-electron chi connectivity index (χ2n) is 3.66. The maximum absolute atomic E-state index is 11.5. The molecule has 0 radical (unpaired) electrons. The highest BCUT2D eigenvalue weighted by atomic mass is 16.5. The third-order valence-corrected chi connectivity index (χ3v) is 2.40. The molecule has 3 N–H and O–H groups in total. The van der Waals surface area contributed by atoms with Gasteiger partial charge in [0.05, 0.1) is 12.2 Å². The van der Waals surface area contributed by atoms with Gasteiger partial charge in [-0.25, -0.2) is 9.59 Å². The van der Waals surface area contributed by atoms with Gasteiger partial charge in [0.1, 0.15) is 0 Å². The van der Waals surface area contributed by atoms with Crippen molar-refractivity contribution in [1.29, 1.82) is 0 Å². The Morgan fingerprint density at radius 2 is 2.11 bits per heavy atom. The van der Waals surface area contributed by atoms with Crippen LogP contribution in [0.5, 0.6) is 0 Å². The van der Waals surface area contributed by atoms with Crippen LogP contribution in [0.3, 0.4) is 0 Å². The van der Waals surface area contributed by atoms with Crippen LogP contribution in [0.15, 0.2) is 18.2 Å². The molecule has 0 aliphatic heterocycles. The van der Waals surface area contributed by atoms with Crippen LogP contribution in [0, 0.1) is 6.92 Å². The third kappa shape index (κ3) is 3.74. The van der Waals surface area contributed by atoms with Crippen LogP contribution in [0.4, 0.5) is 10.5 Å². The van der Waals surface area contributed by atoms with Gasteiger partial charge in [-0.2, -0.15) is 0 Å². The molecule has 18 heavy (non-hydrogen) atoms. The number of anilines is 1. The second kappa shape index (κ2) is 6.61. The molecule has 1 aromatic rings. The number of carboxylic acids is 1. The number of carbonyl (C=O) groups is 2. The number of hydrogen-bond acceptors (Lipinski definition) is 3. The van der Waals surface area contributed by atoms with E-state index in [9.17, 15) is 9.59 Å². The van der Waals surface area contributed by atoms with E-state index in [0.29, 0.717) is 24.4 Å². The number of carboxylic acid groups (broad SMARTS) is 1. The number of aromatic carboxylic acids is 1. The zero-order valence-electron chi connectivity index (χ0n) is 10.3. The molecule has 2 amide bonds. The Labute approximate surface area is 105 Å². The number of benzene rings is 1. The Bertz CT molecular complexity index is 446. The second-order valence-corrected chi connectivity index (χ2v) is 3.66. The Balaban J connectivity index is 2.70. The van der Waals surface area contributed by atoms with E-state index in [0.717, 1.165) is 0 Å². The van der Waals surface area contributed by atoms with E-state index in [1.165, 1.54) is 6.07 Å². The summed E-state index contributed by atoms with van der Waals surface area (Å²) in [6, 6.07) is 4.34. The number of hydrogen-bond donors (Lipinski definition) is 3. The first-order valence-corrected chi connectivity index (χ1v) is 5.43. The summed E-state index contributed by atoms with van der Waals surface area (Å²) in [5.74, 6) is -1.02. The van der Waals surface area contributed by atoms with Crippen molar-refractivity contribution < 1.29 is 19.4 Å². The van der Waals surface area contributed by atoms with Crippen LogP contribution in [-0.4, -0.2) is 37.4 Å². The highest BCUT2D eigenvalue weighted by Crippen LogP contribution is 2.18. The van der Waals surface area contributed by atoms with Gasteiger partial charge in [-0.05, 0) is 24.6 Å². The van der Waals surface area contributed by atoms with Gasteiger partial charge in [-0.15, -0.1) is 0 Å². The van der Waals surface area contributed by atoms with Crippen molar-refractivity contribution in [2.75, 3.05) is 25.6 Å². The minimum Gasteiger partial charge on any atom is -0.478 e. The lowest BCUT2D eigenvalue weighted by atomic mass is 10.1. The summed E-state index contributed by atoms with van der Waals surface area (Å²) in [4.78, 5) is 22.4. The van der Waals surface area contributed by atoms with E-state index in [1.807, 2.05) is 0 Å². The van der Waals surface area contributed by atoms with Gasteiger partial charge in [0.2, 0.25) is 0 Å². The molecular weight excluding hydrogens is 236 g/mol. The molecule has 0 aliphatic carbocycles. The molecule has 0 aliphatic rings. The Kier molecular flexibility index (Phi) is 5.13. The lowest BCUT2D eigenvalue weighted by molar-refractivity contribution is 0.0696. The smallest absolute Gasteiger partial charge is 0.336 e. The van der Waals surface area contributed by atoms with E-state index in [-0.39, 0.29) is 5.56 Å². The zero-order chi connectivity index (χ0) is 13.5. The fourth-order valence-corrected chi connectivity index (χ4v) is 1.44. The largest absolute Gasteiger partial charge is 0.478 e. The highest BCUT2D eigenvalue weighted by Gasteiger charge is 2.11. The minimum absolute atomic E-state index is 0.171. The number of ether oxygens (including phenoxy) is 1. The summed E-state index contributed by atoms with van der Waals surface area (Å²) < 4.78 is 4.80. The standard InChI is InChI=1S/C12H16N2O4/c1-8-9(11(15)16)4-3-5-10(8)14-12(17)13-6-7-18-2/h3-5H,6-7H2,1-2H3,(H,15,16)(H2,13,14,17). The molecule has 0 aromatic heterocycles. The van der Waals surface area contributed by atoms with Crippen molar-refractivity contribution in [2.24, 2.45) is 0 Å². The molecule has 98 valence electrons. The summed E-state index contributed by atoms with van der Waals surface area (Å²) >= 11 is 0. The van der Waals surface area contributed by atoms with Crippen molar-refractivity contribution in [3.8, 4) is 0 Å². The Morgan fingerprint density at radius 1 is 1.39 bits per heavy atom. The fraction of sp³-hybridized carbons (Fsp3) is 0.333. The van der Waals surface area contributed by atoms with Crippen LogP contribution in [0.2, 0.25) is 0 Å². The molecule has 0 unspecified atom stereocenters. The fourth-order valence-electron chi connectivity index (χ4n) is 1.44. The Hall–Kier alpha value is -2.08. The van der Waals surface area contributed by atoms with Crippen molar-refractivity contribution in [3.05, 3.63) is 29.3 Å². The van der Waals surface area contributed by atoms with E-state index in [4.69, 9.17) is 9.84 Å². The molecule has 0 atom stereocenters. The zero-order valence-corrected chi connectivity index (χ0v) is 10.3. The van der Waals surface area contributed by atoms with Gasteiger partial charge in [0, 0.05) is 19.3 Å². The number of amides is 2. The van der Waals surface area contributed by atoms with Crippen molar-refractivity contribution in [2.45, 2.75) is 6.92 Å². The first kappa shape index (κ1) is 14.0. The van der Waals surface area contributed by atoms with E-state index in [1.54, 1.807) is 26.2 Å². The van der Waals surface area contributed by atoms with Crippen molar-refractivity contribution >= 4 is 17.7 Å². The quantitative estimate of drug-likeness (QED) is 0.692. The number of rotatable bonds is 5. The molecule has 0 heterocycles. The van der Waals surface area contributed by atoms with Crippen LogP contribution >= 0.6 is 0 Å². The Morgan fingerprint density at radius 3 is 2.72 bits per heavy atom. The molecule has 0 spiro atoms. The van der Waals surface area contributed by atoms with E-state index >= 15 is 0 Å². The average molecular weight is 252 g/mol. The summed E-state index contributed by atoms with van der Waals surface area (Å²) in [6.07, 6.45) is 0. The highest BCUT2D eigenvalue weighted by molar-refractivity contribution is 5.95. The molecule has 6 nitrogen and oxygen atoms in total. The molecule has 0 fully saturated rings. The minimum atomic E-state index is -1.02. The molecule has 0 bridgehead atoms. The van der Waals surface area contributed by atoms with Crippen molar-refractivity contribution in [3.63, 3.8) is 0 Å². The molecule has 6 heteroatoms. The van der Waals surface area contributed by atoms with Gasteiger partial charge >= 0.3 is 12.0 Å². The lowest BCUT2D eigenvalue weighted by Gasteiger charge is -2.11. The topological polar surface area (TPSA) is 87.7 Å². The van der Waals surface area contributed by atoms with E-state index < -0.39 is 12.0 Å². The van der Waals surface area contributed by atoms with Crippen molar-refractivity contribution in [1.82, 2.24) is 5.32 Å². The maximum Gasteiger partial charge on any atom is 0.336 e. The number of urea groups is 1. The maximum atomic E-state index is 11.5. The van der Waals surface area contributed by atoms with Gasteiger partial charge in [0.25, 0.3) is 0 Å². The molecule has 1 rings (SSSR count). The number of carbonyl (C=O) groups excluding carboxylic acids is 1. The first-order chi connectivity index (χ1) is 8.56. The van der Waals surface area contributed by atoms with Crippen LogP contribution in [0.25, 0.3) is 0 Å². The average Bonchev–Trinajstić information content (AvgIpc) is 2.32. The van der Waals surface area contributed by atoms with Crippen LogP contribution in [0.1, 0.15) is 15.9 Å². The lowest BCUT2D eigenvalue weighted by Crippen LogP contribution is -2.31. The van der Waals surface area contributed by atoms with Gasteiger partial charge < -0.3 is 20.5 Å². The van der Waals surface area contributed by atoms with Gasteiger partial charge in [-0.3, -0.25) is 0 Å². The van der Waals surface area contributed by atoms with Crippen LogP contribution in [-0.2, 0) is 4.74 Å². The number of methoxy groups -OCH3 is 1. The third-order valence-electron chi connectivity index (χ3n) is 2.40. The molecule has 1 aromatic carbocycles. The molecule has 0 saturated carbocycles. The SMILES string of the molecule is COCCNC(=O)Nc1cccc(C(=O)O)c1C. The molecular formula is C12H16N2O4. The predicted octanol–water partition coefficient (Wildman–Crippen LogP) is 1.46. The van der Waals surface area contributed by atoms with Gasteiger partial charge in [-0.1, -0.05) is 6.07 Å². The predicted molar refractivity (Wildman–Crippen MR) is 67.0 cm³/mol. The van der Waals surface area contributed by atoms with Crippen LogP contribution < -0.4 is 10.6 Å². The molecule has 0 saturated heterocycles. The number of nitrogens with one attached hydrogen (secondary N) is 2. The van der Waals surface area contributed by atoms with E-state index in [2.05, 4.69) is 10.6 Å². The summed E-state index contributed by atoms with van der Waals surface area (Å²) in [5, 5.41) is 14.1. The summed E-state index contributed by atoms with van der Waals surface area (Å²) in [7, 11) is 1.54. The normalized spacial score (nSPS) is 9.89. The van der Waals surface area contributed by atoms with Gasteiger partial charge in [0.15, 0.2) is 0 Å². The summed E-state index contributed by atoms with van der Waals surface area (Å²) in [6.45, 7) is 2.45. The first-order valence-electron chi connectivity index (χ1n) is 5.43. The monoisotopic (exact) mass is 252 g/mol. The summed E-state index contributed by atoms with van der Waals surface area (Å²) in [5.41, 5.74) is 1.17.